The van der Waals surface area contributed by atoms with Crippen LogP contribution in [0.3, 0.4) is 0 Å². The molecule has 1 saturated carbocycles. The summed E-state index contributed by atoms with van der Waals surface area (Å²) in [6.07, 6.45) is 5.03. The van der Waals surface area contributed by atoms with Gasteiger partial charge < -0.3 is 9.64 Å². The normalized spacial score (nSPS) is 18.0. The van der Waals surface area contributed by atoms with E-state index in [1.807, 2.05) is 7.11 Å². The highest BCUT2D eigenvalue weighted by Crippen LogP contribution is 2.42. The zero-order valence-electron chi connectivity index (χ0n) is 14.3. The van der Waals surface area contributed by atoms with E-state index in [-0.39, 0.29) is 0 Å². The number of benzene rings is 1. The summed E-state index contributed by atoms with van der Waals surface area (Å²) >= 11 is 0. The second-order valence-corrected chi connectivity index (χ2v) is 6.22. The standard InChI is InChI=1S/C20H29NO/c1-4-21(5-2)17-11-16-20(22-3,19-14-9-10-15-19)18-12-7-6-8-13-18/h6-8,12-13,19H,4-5,9-10,14-15,17H2,1-3H3/p+1/t20-/m0/s1. The third-order valence-electron chi connectivity index (χ3n) is 5.07. The minimum atomic E-state index is -0.426. The van der Waals surface area contributed by atoms with Gasteiger partial charge in [0.1, 0.15) is 6.54 Å². The van der Waals surface area contributed by atoms with Crippen LogP contribution in [0.25, 0.3) is 0 Å². The number of quaternary nitrogens is 1. The molecule has 1 aliphatic rings. The Labute approximate surface area is 135 Å². The van der Waals surface area contributed by atoms with Crippen molar-refractivity contribution in [2.24, 2.45) is 5.92 Å². The number of nitrogens with one attached hydrogen (secondary N) is 1. The van der Waals surface area contributed by atoms with Crippen LogP contribution in [0.4, 0.5) is 0 Å². The highest BCUT2D eigenvalue weighted by molar-refractivity contribution is 5.34. The molecule has 2 nitrogen and oxygen atoms in total. The average molecular weight is 300 g/mol. The maximum absolute atomic E-state index is 6.07. The van der Waals surface area contributed by atoms with Crippen LogP contribution in [0.15, 0.2) is 30.3 Å². The molecule has 0 saturated heterocycles. The van der Waals surface area contributed by atoms with Gasteiger partial charge in [-0.1, -0.05) is 49.1 Å². The minimum absolute atomic E-state index is 0.426. The average Bonchev–Trinajstić information content (AvgIpc) is 3.11. The SMILES string of the molecule is CC[NH+](CC)CC#C[C@](OC)(c1ccccc1)C1CCCC1. The number of ether oxygens (including phenoxy) is 1. The molecular weight excluding hydrogens is 270 g/mol. The van der Waals surface area contributed by atoms with Crippen molar-refractivity contribution in [1.82, 2.24) is 0 Å². The maximum atomic E-state index is 6.07. The molecule has 0 radical (unpaired) electrons. The van der Waals surface area contributed by atoms with E-state index in [1.54, 1.807) is 0 Å². The lowest BCUT2D eigenvalue weighted by Gasteiger charge is -2.33. The van der Waals surface area contributed by atoms with Gasteiger partial charge in [-0.25, -0.2) is 0 Å². The summed E-state index contributed by atoms with van der Waals surface area (Å²) in [4.78, 5) is 1.52. The molecule has 2 rings (SSSR count). The van der Waals surface area contributed by atoms with Crippen LogP contribution in [0.1, 0.15) is 45.1 Å². The highest BCUT2D eigenvalue weighted by atomic mass is 16.5. The van der Waals surface area contributed by atoms with Gasteiger partial charge in [0.15, 0.2) is 5.60 Å². The Morgan fingerprint density at radius 3 is 2.32 bits per heavy atom. The molecule has 0 heterocycles. The maximum Gasteiger partial charge on any atom is 0.156 e. The lowest BCUT2D eigenvalue weighted by atomic mass is 9.80. The molecule has 0 bridgehead atoms. The van der Waals surface area contributed by atoms with Crippen LogP contribution < -0.4 is 4.90 Å². The van der Waals surface area contributed by atoms with Gasteiger partial charge in [-0.2, -0.15) is 0 Å². The second-order valence-electron chi connectivity index (χ2n) is 6.22. The van der Waals surface area contributed by atoms with Crippen molar-refractivity contribution in [3.05, 3.63) is 35.9 Å². The molecule has 0 aromatic heterocycles. The number of methoxy groups -OCH3 is 1. The topological polar surface area (TPSA) is 13.7 Å². The van der Waals surface area contributed by atoms with Crippen molar-refractivity contribution in [2.75, 3.05) is 26.7 Å². The van der Waals surface area contributed by atoms with Gasteiger partial charge in [0.2, 0.25) is 0 Å². The van der Waals surface area contributed by atoms with Crippen molar-refractivity contribution in [2.45, 2.75) is 45.1 Å². The van der Waals surface area contributed by atoms with Crippen molar-refractivity contribution >= 4 is 0 Å². The first-order valence-corrected chi connectivity index (χ1v) is 8.71. The summed E-state index contributed by atoms with van der Waals surface area (Å²) in [7, 11) is 1.82. The zero-order chi connectivity index (χ0) is 15.8. The summed E-state index contributed by atoms with van der Waals surface area (Å²) in [5.74, 6) is 7.50. The van der Waals surface area contributed by atoms with Crippen molar-refractivity contribution < 1.29 is 9.64 Å². The lowest BCUT2D eigenvalue weighted by molar-refractivity contribution is -0.889. The monoisotopic (exact) mass is 300 g/mol. The van der Waals surface area contributed by atoms with E-state index in [2.05, 4.69) is 56.0 Å². The van der Waals surface area contributed by atoms with E-state index < -0.39 is 5.60 Å². The van der Waals surface area contributed by atoms with Crippen LogP contribution in [-0.4, -0.2) is 26.7 Å². The summed E-state index contributed by atoms with van der Waals surface area (Å²) in [6.45, 7) is 7.59. The van der Waals surface area contributed by atoms with Crippen LogP contribution in [0, 0.1) is 17.8 Å². The fourth-order valence-electron chi connectivity index (χ4n) is 3.56. The smallest absolute Gasteiger partial charge is 0.156 e. The van der Waals surface area contributed by atoms with Gasteiger partial charge in [-0.05, 0) is 38.2 Å². The largest absolute Gasteiger partial charge is 0.361 e. The van der Waals surface area contributed by atoms with Gasteiger partial charge in [0, 0.05) is 13.0 Å². The molecule has 1 atom stereocenters. The van der Waals surface area contributed by atoms with Gasteiger partial charge >= 0.3 is 0 Å². The van der Waals surface area contributed by atoms with Gasteiger partial charge in [0.05, 0.1) is 13.1 Å². The summed E-state index contributed by atoms with van der Waals surface area (Å²) in [5, 5.41) is 0. The molecule has 0 spiro atoms. The highest BCUT2D eigenvalue weighted by Gasteiger charge is 2.40. The van der Waals surface area contributed by atoms with Crippen molar-refractivity contribution in [1.29, 1.82) is 0 Å². The number of hydrogen-bond donors (Lipinski definition) is 1. The quantitative estimate of drug-likeness (QED) is 0.798. The molecule has 1 N–H and O–H groups in total. The number of rotatable bonds is 6. The van der Waals surface area contributed by atoms with E-state index in [4.69, 9.17) is 4.74 Å². The second kappa shape index (κ2) is 8.36. The Hall–Kier alpha value is -1.30. The van der Waals surface area contributed by atoms with Crippen molar-refractivity contribution in [3.63, 3.8) is 0 Å². The zero-order valence-corrected chi connectivity index (χ0v) is 14.3. The Bertz CT molecular complexity index is 491. The molecule has 2 heteroatoms. The Morgan fingerprint density at radius 2 is 1.77 bits per heavy atom. The summed E-state index contributed by atoms with van der Waals surface area (Å²) < 4.78 is 6.07. The van der Waals surface area contributed by atoms with E-state index >= 15 is 0 Å². The molecular formula is C20H30NO+. The van der Waals surface area contributed by atoms with E-state index in [0.717, 1.165) is 19.6 Å². The molecule has 0 aliphatic heterocycles. The molecule has 1 aromatic carbocycles. The van der Waals surface area contributed by atoms with Crippen LogP contribution in [0.2, 0.25) is 0 Å². The molecule has 1 fully saturated rings. The fourth-order valence-corrected chi connectivity index (χ4v) is 3.56. The Morgan fingerprint density at radius 1 is 1.14 bits per heavy atom. The molecule has 1 aliphatic carbocycles. The third kappa shape index (κ3) is 3.72. The van der Waals surface area contributed by atoms with E-state index in [9.17, 15) is 0 Å². The number of hydrogen-bond acceptors (Lipinski definition) is 1. The molecule has 0 unspecified atom stereocenters. The molecule has 1 aromatic rings. The first-order chi connectivity index (χ1) is 10.8. The summed E-state index contributed by atoms with van der Waals surface area (Å²) in [5.41, 5.74) is 0.788. The Balaban J connectivity index is 2.30. The first kappa shape index (κ1) is 17.1. The lowest BCUT2D eigenvalue weighted by Crippen LogP contribution is -3.11. The van der Waals surface area contributed by atoms with Gasteiger partial charge in [0.25, 0.3) is 0 Å². The van der Waals surface area contributed by atoms with Crippen LogP contribution in [0.5, 0.6) is 0 Å². The fraction of sp³-hybridized carbons (Fsp3) is 0.600. The molecule has 120 valence electrons. The van der Waals surface area contributed by atoms with E-state index in [0.29, 0.717) is 5.92 Å². The van der Waals surface area contributed by atoms with Crippen molar-refractivity contribution in [3.8, 4) is 11.8 Å². The van der Waals surface area contributed by atoms with Gasteiger partial charge in [-0.15, -0.1) is 0 Å². The first-order valence-electron chi connectivity index (χ1n) is 8.71. The van der Waals surface area contributed by atoms with Crippen LogP contribution >= 0.6 is 0 Å². The van der Waals surface area contributed by atoms with Gasteiger partial charge in [-0.3, -0.25) is 0 Å². The predicted octanol–water partition coefficient (Wildman–Crippen LogP) is 2.65. The predicted molar refractivity (Wildman–Crippen MR) is 91.8 cm³/mol. The molecule has 0 amide bonds. The molecule has 22 heavy (non-hydrogen) atoms. The van der Waals surface area contributed by atoms with E-state index in [1.165, 1.54) is 36.1 Å². The van der Waals surface area contributed by atoms with Crippen LogP contribution in [-0.2, 0) is 10.3 Å². The Kier molecular flexibility index (Phi) is 6.49. The minimum Gasteiger partial charge on any atom is -0.361 e. The summed E-state index contributed by atoms with van der Waals surface area (Å²) in [6, 6.07) is 10.6. The third-order valence-corrected chi connectivity index (χ3v) is 5.07.